The molecule has 1 aliphatic heterocycles. The summed E-state index contributed by atoms with van der Waals surface area (Å²) in [6.07, 6.45) is 3.22. The van der Waals surface area contributed by atoms with Crippen LogP contribution in [0, 0.1) is 0 Å². The Kier molecular flexibility index (Phi) is 3.08. The molecule has 1 rings (SSSR count). The Morgan fingerprint density at radius 1 is 1.50 bits per heavy atom. The number of hydrogen-bond donors (Lipinski definition) is 0. The first-order valence-electron chi connectivity index (χ1n) is 4.18. The van der Waals surface area contributed by atoms with Crippen molar-refractivity contribution in [3.05, 3.63) is 0 Å². The minimum absolute atomic E-state index is 0.134. The molecular formula is C8H13N2O2. The zero-order valence-electron chi connectivity index (χ0n) is 7.25. The lowest BCUT2D eigenvalue weighted by molar-refractivity contribution is -0.130. The van der Waals surface area contributed by atoms with E-state index < -0.39 is 0 Å². The molecule has 0 aromatic rings. The van der Waals surface area contributed by atoms with Gasteiger partial charge >= 0.3 is 6.41 Å². The number of hydrogen-bond acceptors (Lipinski definition) is 2. The van der Waals surface area contributed by atoms with Crippen molar-refractivity contribution in [3.63, 3.8) is 0 Å². The number of amides is 2. The van der Waals surface area contributed by atoms with Crippen LogP contribution in [-0.4, -0.2) is 41.9 Å². The topological polar surface area (TPSA) is 40.6 Å². The third-order valence-corrected chi connectivity index (χ3v) is 1.93. The molecule has 0 spiro atoms. The molecule has 0 bridgehead atoms. The molecular weight excluding hydrogens is 156 g/mol. The summed E-state index contributed by atoms with van der Waals surface area (Å²) >= 11 is 0. The van der Waals surface area contributed by atoms with Crippen LogP contribution in [0.15, 0.2) is 0 Å². The SMILES string of the molecule is CCCC(=O)N1CCN([C]=O)C1. The first-order valence-corrected chi connectivity index (χ1v) is 4.18. The van der Waals surface area contributed by atoms with Gasteiger partial charge in [0.05, 0.1) is 6.67 Å². The molecule has 0 aromatic heterocycles. The minimum atomic E-state index is 0.134. The number of rotatable bonds is 3. The number of nitrogens with zero attached hydrogens (tertiary/aromatic N) is 2. The first kappa shape index (κ1) is 9.03. The van der Waals surface area contributed by atoms with E-state index in [1.54, 1.807) is 11.3 Å². The Hall–Kier alpha value is -1.06. The summed E-state index contributed by atoms with van der Waals surface area (Å²) < 4.78 is 0. The van der Waals surface area contributed by atoms with Crippen molar-refractivity contribution in [1.82, 2.24) is 9.80 Å². The Labute approximate surface area is 72.1 Å². The maximum Gasteiger partial charge on any atom is 0.313 e. The fourth-order valence-electron chi connectivity index (χ4n) is 1.24. The van der Waals surface area contributed by atoms with Gasteiger partial charge in [-0.25, -0.2) is 0 Å². The van der Waals surface area contributed by atoms with Crippen LogP contribution in [0.5, 0.6) is 0 Å². The van der Waals surface area contributed by atoms with Gasteiger partial charge in [0.15, 0.2) is 0 Å². The van der Waals surface area contributed by atoms with Crippen molar-refractivity contribution in [1.29, 1.82) is 0 Å². The Balaban J connectivity index is 2.35. The fraction of sp³-hybridized carbons (Fsp3) is 0.750. The van der Waals surface area contributed by atoms with Crippen LogP contribution < -0.4 is 0 Å². The van der Waals surface area contributed by atoms with Crippen molar-refractivity contribution in [3.8, 4) is 0 Å². The highest BCUT2D eigenvalue weighted by molar-refractivity contribution is 5.76. The van der Waals surface area contributed by atoms with Gasteiger partial charge in [-0.2, -0.15) is 0 Å². The molecule has 1 saturated heterocycles. The van der Waals surface area contributed by atoms with E-state index in [2.05, 4.69) is 0 Å². The summed E-state index contributed by atoms with van der Waals surface area (Å²) in [4.78, 5) is 24.6. The van der Waals surface area contributed by atoms with Crippen molar-refractivity contribution in [2.24, 2.45) is 0 Å². The lowest BCUT2D eigenvalue weighted by Gasteiger charge is -2.14. The van der Waals surface area contributed by atoms with Crippen molar-refractivity contribution >= 4 is 12.3 Å². The summed E-state index contributed by atoms with van der Waals surface area (Å²) in [6, 6.07) is 0. The van der Waals surface area contributed by atoms with Crippen LogP contribution in [0.3, 0.4) is 0 Å². The van der Waals surface area contributed by atoms with Crippen molar-refractivity contribution < 1.29 is 9.59 Å². The zero-order valence-corrected chi connectivity index (χ0v) is 7.25. The van der Waals surface area contributed by atoms with Gasteiger partial charge < -0.3 is 9.80 Å². The summed E-state index contributed by atoms with van der Waals surface area (Å²) in [5, 5.41) is 0. The second-order valence-electron chi connectivity index (χ2n) is 2.90. The molecule has 67 valence electrons. The fourth-order valence-corrected chi connectivity index (χ4v) is 1.24. The highest BCUT2D eigenvalue weighted by atomic mass is 16.2. The third kappa shape index (κ3) is 1.96. The molecule has 12 heavy (non-hydrogen) atoms. The molecule has 1 radical (unpaired) electrons. The Bertz CT molecular complexity index is 182. The molecule has 0 saturated carbocycles. The summed E-state index contributed by atoms with van der Waals surface area (Å²) in [5.41, 5.74) is 0. The summed E-state index contributed by atoms with van der Waals surface area (Å²) in [7, 11) is 0. The van der Waals surface area contributed by atoms with E-state index in [-0.39, 0.29) is 5.91 Å². The quantitative estimate of drug-likeness (QED) is 0.594. The van der Waals surface area contributed by atoms with Gasteiger partial charge in [0.25, 0.3) is 0 Å². The van der Waals surface area contributed by atoms with E-state index in [4.69, 9.17) is 0 Å². The molecule has 0 aliphatic carbocycles. The second-order valence-corrected chi connectivity index (χ2v) is 2.90. The van der Waals surface area contributed by atoms with E-state index in [9.17, 15) is 9.59 Å². The van der Waals surface area contributed by atoms with Gasteiger partial charge in [0.2, 0.25) is 5.91 Å². The second kappa shape index (κ2) is 4.09. The van der Waals surface area contributed by atoms with Gasteiger partial charge in [-0.05, 0) is 6.42 Å². The minimum Gasteiger partial charge on any atom is -0.323 e. The maximum absolute atomic E-state index is 11.3. The normalized spacial score (nSPS) is 16.8. The van der Waals surface area contributed by atoms with E-state index in [1.807, 2.05) is 6.92 Å². The predicted octanol–water partition coefficient (Wildman–Crippen LogP) is -0.0446. The first-order chi connectivity index (χ1) is 5.77. The van der Waals surface area contributed by atoms with Crippen LogP contribution in [-0.2, 0) is 9.59 Å². The van der Waals surface area contributed by atoms with Gasteiger partial charge in [-0.15, -0.1) is 0 Å². The molecule has 2 amide bonds. The average molecular weight is 169 g/mol. The van der Waals surface area contributed by atoms with Gasteiger partial charge in [-0.1, -0.05) is 6.92 Å². The highest BCUT2D eigenvalue weighted by Crippen LogP contribution is 2.05. The third-order valence-electron chi connectivity index (χ3n) is 1.93. The molecule has 0 aromatic carbocycles. The molecule has 1 fully saturated rings. The van der Waals surface area contributed by atoms with E-state index in [0.717, 1.165) is 6.42 Å². The van der Waals surface area contributed by atoms with Gasteiger partial charge in [0.1, 0.15) is 0 Å². The molecule has 0 N–H and O–H groups in total. The number of carbonyl (C=O) groups excluding carboxylic acids is 2. The lowest BCUT2D eigenvalue weighted by atomic mass is 10.3. The smallest absolute Gasteiger partial charge is 0.313 e. The summed E-state index contributed by atoms with van der Waals surface area (Å²) in [6.45, 7) is 3.67. The van der Waals surface area contributed by atoms with Gasteiger partial charge in [0, 0.05) is 19.5 Å². The van der Waals surface area contributed by atoms with Crippen LogP contribution in [0.4, 0.5) is 0 Å². The molecule has 1 heterocycles. The average Bonchev–Trinajstić information content (AvgIpc) is 2.52. The predicted molar refractivity (Wildman–Crippen MR) is 43.9 cm³/mol. The van der Waals surface area contributed by atoms with E-state index >= 15 is 0 Å². The molecule has 4 nitrogen and oxygen atoms in total. The van der Waals surface area contributed by atoms with Crippen LogP contribution in [0.25, 0.3) is 0 Å². The standard InChI is InChI=1S/C8H13N2O2/c1-2-3-8(12)10-5-4-9(6-10)7-11/h2-6H2,1H3. The monoisotopic (exact) mass is 169 g/mol. The van der Waals surface area contributed by atoms with E-state index in [1.165, 1.54) is 4.90 Å². The van der Waals surface area contributed by atoms with Crippen LogP contribution >= 0.6 is 0 Å². The summed E-state index contributed by atoms with van der Waals surface area (Å²) in [5.74, 6) is 0.134. The van der Waals surface area contributed by atoms with Crippen molar-refractivity contribution in [2.75, 3.05) is 19.8 Å². The molecule has 1 aliphatic rings. The molecule has 0 unspecified atom stereocenters. The number of carbonyl (C=O) groups is 1. The molecule has 0 atom stereocenters. The maximum atomic E-state index is 11.3. The molecule has 4 heteroatoms. The highest BCUT2D eigenvalue weighted by Gasteiger charge is 2.22. The van der Waals surface area contributed by atoms with E-state index in [0.29, 0.717) is 26.2 Å². The zero-order chi connectivity index (χ0) is 8.97. The Morgan fingerprint density at radius 3 is 2.75 bits per heavy atom. The van der Waals surface area contributed by atoms with Crippen molar-refractivity contribution in [2.45, 2.75) is 19.8 Å². The Morgan fingerprint density at radius 2 is 2.25 bits per heavy atom. The lowest BCUT2D eigenvalue weighted by Crippen LogP contribution is -2.30. The van der Waals surface area contributed by atoms with Crippen LogP contribution in [0.1, 0.15) is 19.8 Å². The largest absolute Gasteiger partial charge is 0.323 e. The van der Waals surface area contributed by atoms with Crippen LogP contribution in [0.2, 0.25) is 0 Å². The van der Waals surface area contributed by atoms with Gasteiger partial charge in [-0.3, -0.25) is 9.59 Å².